The first-order chi connectivity index (χ1) is 9.65. The van der Waals surface area contributed by atoms with Crippen LogP contribution in [-0.2, 0) is 11.8 Å². The van der Waals surface area contributed by atoms with E-state index in [9.17, 15) is 4.79 Å². The van der Waals surface area contributed by atoms with Crippen LogP contribution in [0.3, 0.4) is 0 Å². The smallest absolute Gasteiger partial charge is 0.235 e. The number of aryl methyl sites for hydroxylation is 1. The SMILES string of the molecule is CCCCS[C@H](C)C(=O)N1CCC[C@H]1c1cccn1C. The summed E-state index contributed by atoms with van der Waals surface area (Å²) in [4.78, 5) is 14.7. The minimum atomic E-state index is 0.0856. The minimum absolute atomic E-state index is 0.0856. The number of carbonyl (C=O) groups is 1. The average Bonchev–Trinajstić information content (AvgIpc) is 3.06. The minimum Gasteiger partial charge on any atom is -0.353 e. The molecule has 0 aliphatic carbocycles. The maximum absolute atomic E-state index is 12.7. The van der Waals surface area contributed by atoms with Gasteiger partial charge in [-0.25, -0.2) is 0 Å². The van der Waals surface area contributed by atoms with E-state index in [-0.39, 0.29) is 11.3 Å². The van der Waals surface area contributed by atoms with E-state index < -0.39 is 0 Å². The Morgan fingerprint density at radius 2 is 2.35 bits per heavy atom. The van der Waals surface area contributed by atoms with Crippen LogP contribution in [0.25, 0.3) is 0 Å². The van der Waals surface area contributed by atoms with Crippen LogP contribution >= 0.6 is 11.8 Å². The molecule has 0 unspecified atom stereocenters. The van der Waals surface area contributed by atoms with Gasteiger partial charge in [-0.2, -0.15) is 0 Å². The van der Waals surface area contributed by atoms with Gasteiger partial charge in [0.2, 0.25) is 5.91 Å². The highest BCUT2D eigenvalue weighted by molar-refractivity contribution is 8.00. The number of aromatic nitrogens is 1. The first-order valence-corrected chi connectivity index (χ1v) is 8.73. The summed E-state index contributed by atoms with van der Waals surface area (Å²) in [7, 11) is 2.07. The number of hydrogen-bond donors (Lipinski definition) is 0. The monoisotopic (exact) mass is 294 g/mol. The third-order valence-electron chi connectivity index (χ3n) is 4.07. The molecule has 0 N–H and O–H groups in total. The van der Waals surface area contributed by atoms with Gasteiger partial charge in [0, 0.05) is 25.5 Å². The zero-order valence-electron chi connectivity index (χ0n) is 12.8. The maximum atomic E-state index is 12.7. The number of nitrogens with zero attached hydrogens (tertiary/aromatic N) is 2. The van der Waals surface area contributed by atoms with Crippen molar-refractivity contribution in [1.82, 2.24) is 9.47 Å². The van der Waals surface area contributed by atoms with Gasteiger partial charge in [0.1, 0.15) is 0 Å². The molecule has 1 aliphatic heterocycles. The van der Waals surface area contributed by atoms with Gasteiger partial charge in [-0.05, 0) is 44.1 Å². The summed E-state index contributed by atoms with van der Waals surface area (Å²) in [5.74, 6) is 1.40. The Bertz CT molecular complexity index is 443. The van der Waals surface area contributed by atoms with Crippen molar-refractivity contribution in [3.8, 4) is 0 Å². The largest absolute Gasteiger partial charge is 0.353 e. The van der Waals surface area contributed by atoms with Crippen molar-refractivity contribution in [3.63, 3.8) is 0 Å². The second-order valence-electron chi connectivity index (χ2n) is 5.60. The summed E-state index contributed by atoms with van der Waals surface area (Å²) < 4.78 is 2.14. The zero-order valence-corrected chi connectivity index (χ0v) is 13.7. The maximum Gasteiger partial charge on any atom is 0.235 e. The van der Waals surface area contributed by atoms with Gasteiger partial charge in [0.25, 0.3) is 0 Å². The fraction of sp³-hybridized carbons (Fsp3) is 0.688. The van der Waals surface area contributed by atoms with Crippen LogP contribution in [0.15, 0.2) is 18.3 Å². The van der Waals surface area contributed by atoms with E-state index in [2.05, 4.69) is 48.7 Å². The van der Waals surface area contributed by atoms with Gasteiger partial charge in [0.15, 0.2) is 0 Å². The number of thioether (sulfide) groups is 1. The molecule has 0 spiro atoms. The second-order valence-corrected chi connectivity index (χ2v) is 7.05. The van der Waals surface area contributed by atoms with E-state index in [1.807, 2.05) is 0 Å². The molecule has 1 fully saturated rings. The zero-order chi connectivity index (χ0) is 14.5. The molecule has 112 valence electrons. The Kier molecular flexibility index (Phi) is 5.58. The van der Waals surface area contributed by atoms with Gasteiger partial charge < -0.3 is 9.47 Å². The molecule has 4 heteroatoms. The lowest BCUT2D eigenvalue weighted by atomic mass is 10.1. The van der Waals surface area contributed by atoms with E-state index in [1.54, 1.807) is 11.8 Å². The molecule has 1 aliphatic rings. The highest BCUT2D eigenvalue weighted by Gasteiger charge is 2.33. The molecule has 3 nitrogen and oxygen atoms in total. The van der Waals surface area contributed by atoms with Crippen molar-refractivity contribution >= 4 is 17.7 Å². The third-order valence-corrected chi connectivity index (χ3v) is 5.30. The summed E-state index contributed by atoms with van der Waals surface area (Å²) in [6.45, 7) is 5.16. The molecule has 20 heavy (non-hydrogen) atoms. The highest BCUT2D eigenvalue weighted by atomic mass is 32.2. The molecule has 0 saturated carbocycles. The fourth-order valence-corrected chi connectivity index (χ4v) is 3.95. The fourth-order valence-electron chi connectivity index (χ4n) is 2.87. The number of carbonyl (C=O) groups excluding carboxylic acids is 1. The predicted octanol–water partition coefficient (Wildman–Crippen LogP) is 3.61. The van der Waals surface area contributed by atoms with E-state index in [1.165, 1.54) is 18.5 Å². The Labute approximate surface area is 126 Å². The van der Waals surface area contributed by atoms with Crippen molar-refractivity contribution < 1.29 is 4.79 Å². The van der Waals surface area contributed by atoms with Crippen LogP contribution in [0.4, 0.5) is 0 Å². The van der Waals surface area contributed by atoms with Gasteiger partial charge >= 0.3 is 0 Å². The standard InChI is InChI=1S/C16H26N2OS/c1-4-5-12-20-13(2)16(19)18-11-7-9-15(18)14-8-6-10-17(14)3/h6,8,10,13,15H,4-5,7,9,11-12H2,1-3H3/t13-,15+/m1/s1. The highest BCUT2D eigenvalue weighted by Crippen LogP contribution is 2.33. The number of likely N-dealkylation sites (tertiary alicyclic amines) is 1. The van der Waals surface area contributed by atoms with Crippen LogP contribution in [0.2, 0.25) is 0 Å². The lowest BCUT2D eigenvalue weighted by molar-refractivity contribution is -0.131. The average molecular weight is 294 g/mol. The van der Waals surface area contributed by atoms with Crippen molar-refractivity contribution in [2.75, 3.05) is 12.3 Å². The summed E-state index contributed by atoms with van der Waals surface area (Å²) in [6.07, 6.45) is 6.67. The summed E-state index contributed by atoms with van der Waals surface area (Å²) >= 11 is 1.80. The lowest BCUT2D eigenvalue weighted by Gasteiger charge is -2.28. The van der Waals surface area contributed by atoms with Crippen molar-refractivity contribution in [1.29, 1.82) is 0 Å². The Morgan fingerprint density at radius 3 is 3.00 bits per heavy atom. The van der Waals surface area contributed by atoms with Crippen LogP contribution in [-0.4, -0.2) is 32.9 Å². The number of rotatable bonds is 6. The Balaban J connectivity index is 2.00. The molecule has 0 aromatic carbocycles. The van der Waals surface area contributed by atoms with Crippen LogP contribution in [0.1, 0.15) is 51.3 Å². The molecule has 1 amide bonds. The molecular weight excluding hydrogens is 268 g/mol. The molecule has 2 atom stereocenters. The number of unbranched alkanes of at least 4 members (excludes halogenated alkanes) is 1. The summed E-state index contributed by atoms with van der Waals surface area (Å²) in [5.41, 5.74) is 1.27. The molecule has 2 heterocycles. The number of amides is 1. The first kappa shape index (κ1) is 15.5. The predicted molar refractivity (Wildman–Crippen MR) is 85.9 cm³/mol. The van der Waals surface area contributed by atoms with Gasteiger partial charge in [-0.1, -0.05) is 13.3 Å². The topological polar surface area (TPSA) is 25.2 Å². The third kappa shape index (κ3) is 3.40. The van der Waals surface area contributed by atoms with E-state index in [0.717, 1.165) is 25.1 Å². The van der Waals surface area contributed by atoms with Crippen molar-refractivity contribution in [3.05, 3.63) is 24.0 Å². The quantitative estimate of drug-likeness (QED) is 0.749. The van der Waals surface area contributed by atoms with E-state index >= 15 is 0 Å². The van der Waals surface area contributed by atoms with Crippen LogP contribution in [0.5, 0.6) is 0 Å². The Morgan fingerprint density at radius 1 is 1.55 bits per heavy atom. The first-order valence-electron chi connectivity index (χ1n) is 7.68. The van der Waals surface area contributed by atoms with E-state index in [4.69, 9.17) is 0 Å². The van der Waals surface area contributed by atoms with Crippen LogP contribution < -0.4 is 0 Å². The van der Waals surface area contributed by atoms with Gasteiger partial charge in [-0.15, -0.1) is 11.8 Å². The van der Waals surface area contributed by atoms with E-state index in [0.29, 0.717) is 5.91 Å². The number of hydrogen-bond acceptors (Lipinski definition) is 2. The van der Waals surface area contributed by atoms with Crippen molar-refractivity contribution in [2.24, 2.45) is 7.05 Å². The normalized spacial score (nSPS) is 20.4. The molecule has 1 aromatic heterocycles. The molecule has 2 rings (SSSR count). The molecule has 1 aromatic rings. The summed E-state index contributed by atoms with van der Waals surface area (Å²) in [6, 6.07) is 4.48. The molecule has 1 saturated heterocycles. The Hall–Kier alpha value is -0.900. The summed E-state index contributed by atoms with van der Waals surface area (Å²) in [5, 5.41) is 0.0856. The van der Waals surface area contributed by atoms with Gasteiger partial charge in [0.05, 0.1) is 11.3 Å². The van der Waals surface area contributed by atoms with Crippen molar-refractivity contribution in [2.45, 2.75) is 50.8 Å². The van der Waals surface area contributed by atoms with Crippen LogP contribution in [0, 0.1) is 0 Å². The molecule has 0 radical (unpaired) electrons. The second kappa shape index (κ2) is 7.21. The lowest BCUT2D eigenvalue weighted by Crippen LogP contribution is -2.36. The van der Waals surface area contributed by atoms with Gasteiger partial charge in [-0.3, -0.25) is 4.79 Å². The molecule has 0 bridgehead atoms. The molecular formula is C16H26N2OS.